The molecule has 0 fully saturated rings. The van der Waals surface area contributed by atoms with Gasteiger partial charge in [-0.25, -0.2) is 0 Å². The number of hydrogen-bond donors (Lipinski definition) is 2. The van der Waals surface area contributed by atoms with Crippen LogP contribution in [0, 0.1) is 13.8 Å². The van der Waals surface area contributed by atoms with Crippen molar-refractivity contribution >= 4 is 0 Å². The van der Waals surface area contributed by atoms with Crippen molar-refractivity contribution < 1.29 is 5.11 Å². The van der Waals surface area contributed by atoms with Gasteiger partial charge in [-0.05, 0) is 42.7 Å². The van der Waals surface area contributed by atoms with E-state index in [1.165, 1.54) is 16.7 Å². The third-order valence-corrected chi connectivity index (χ3v) is 2.98. The predicted octanol–water partition coefficient (Wildman–Crippen LogP) is 2.91. The van der Waals surface area contributed by atoms with E-state index in [0.717, 1.165) is 5.69 Å². The quantitative estimate of drug-likeness (QED) is 0.811. The van der Waals surface area contributed by atoms with E-state index in [0.29, 0.717) is 6.42 Å². The first-order chi connectivity index (χ1) is 7.66. The number of rotatable bonds is 3. The smallest absolute Gasteiger partial charge is 0.0977 e. The van der Waals surface area contributed by atoms with Crippen LogP contribution < -0.4 is 0 Å². The molecule has 84 valence electrons. The average molecular weight is 215 g/mol. The minimum absolute atomic E-state index is 0.447. The third kappa shape index (κ3) is 2.34. The van der Waals surface area contributed by atoms with Gasteiger partial charge in [0, 0.05) is 18.3 Å². The maximum atomic E-state index is 9.99. The van der Waals surface area contributed by atoms with Gasteiger partial charge >= 0.3 is 0 Å². The predicted molar refractivity (Wildman–Crippen MR) is 65.4 cm³/mol. The fourth-order valence-electron chi connectivity index (χ4n) is 1.82. The maximum Gasteiger partial charge on any atom is 0.0977 e. The minimum atomic E-state index is -0.447. The number of H-pyrrole nitrogens is 1. The number of hydrogen-bond acceptors (Lipinski definition) is 1. The molecule has 2 heteroatoms. The molecule has 1 heterocycles. The van der Waals surface area contributed by atoms with Crippen LogP contribution in [0.2, 0.25) is 0 Å². The Morgan fingerprint density at radius 1 is 1.19 bits per heavy atom. The standard InChI is InChI=1S/C14H17NO/c1-10-5-6-12(8-11(10)2)9-14(16)13-4-3-7-15-13/h3-8,14-16H,9H2,1-2H3. The van der Waals surface area contributed by atoms with Gasteiger partial charge in [-0.3, -0.25) is 0 Å². The fraction of sp³-hybridized carbons (Fsp3) is 0.286. The van der Waals surface area contributed by atoms with Crippen LogP contribution in [0.15, 0.2) is 36.5 Å². The largest absolute Gasteiger partial charge is 0.387 e. The summed E-state index contributed by atoms with van der Waals surface area (Å²) in [6, 6.07) is 10.1. The van der Waals surface area contributed by atoms with Crippen molar-refractivity contribution in [1.82, 2.24) is 4.98 Å². The normalized spacial score (nSPS) is 12.7. The van der Waals surface area contributed by atoms with Gasteiger partial charge in [-0.1, -0.05) is 18.2 Å². The summed E-state index contributed by atoms with van der Waals surface area (Å²) in [6.45, 7) is 4.19. The van der Waals surface area contributed by atoms with Crippen LogP contribution in [0.4, 0.5) is 0 Å². The highest BCUT2D eigenvalue weighted by molar-refractivity contribution is 5.30. The van der Waals surface area contributed by atoms with Gasteiger partial charge in [0.05, 0.1) is 6.10 Å². The van der Waals surface area contributed by atoms with Gasteiger partial charge in [0.1, 0.15) is 0 Å². The molecule has 1 aromatic carbocycles. The number of benzene rings is 1. The van der Waals surface area contributed by atoms with Gasteiger partial charge in [0.2, 0.25) is 0 Å². The first kappa shape index (κ1) is 11.0. The van der Waals surface area contributed by atoms with Crippen molar-refractivity contribution in [2.75, 3.05) is 0 Å². The molecular formula is C14H17NO. The Kier molecular flexibility index (Phi) is 3.11. The first-order valence-electron chi connectivity index (χ1n) is 5.54. The lowest BCUT2D eigenvalue weighted by molar-refractivity contribution is 0.174. The molecular weight excluding hydrogens is 198 g/mol. The topological polar surface area (TPSA) is 36.0 Å². The lowest BCUT2D eigenvalue weighted by Gasteiger charge is -2.10. The summed E-state index contributed by atoms with van der Waals surface area (Å²) in [7, 11) is 0. The SMILES string of the molecule is Cc1ccc(CC(O)c2ccc[nH]2)cc1C. The van der Waals surface area contributed by atoms with Crippen molar-refractivity contribution in [3.63, 3.8) is 0 Å². The Morgan fingerprint density at radius 3 is 2.62 bits per heavy atom. The van der Waals surface area contributed by atoms with Crippen LogP contribution in [0.5, 0.6) is 0 Å². The molecule has 0 radical (unpaired) electrons. The zero-order valence-electron chi connectivity index (χ0n) is 9.70. The van der Waals surface area contributed by atoms with Gasteiger partial charge in [-0.2, -0.15) is 0 Å². The molecule has 0 spiro atoms. The molecule has 0 saturated carbocycles. The molecule has 1 atom stereocenters. The van der Waals surface area contributed by atoms with E-state index in [9.17, 15) is 5.11 Å². The van der Waals surface area contributed by atoms with Crippen LogP contribution in [0.1, 0.15) is 28.5 Å². The second-order valence-electron chi connectivity index (χ2n) is 4.26. The van der Waals surface area contributed by atoms with Gasteiger partial charge < -0.3 is 10.1 Å². The average Bonchev–Trinajstić information content (AvgIpc) is 2.77. The molecule has 0 aliphatic heterocycles. The number of aliphatic hydroxyl groups excluding tert-OH is 1. The molecule has 2 rings (SSSR count). The summed E-state index contributed by atoms with van der Waals surface area (Å²) in [5, 5.41) is 9.99. The molecule has 0 saturated heterocycles. The summed E-state index contributed by atoms with van der Waals surface area (Å²) >= 11 is 0. The Bertz CT molecular complexity index is 460. The van der Waals surface area contributed by atoms with Crippen molar-refractivity contribution in [2.45, 2.75) is 26.4 Å². The number of aliphatic hydroxyl groups is 1. The molecule has 2 nitrogen and oxygen atoms in total. The highest BCUT2D eigenvalue weighted by atomic mass is 16.3. The zero-order valence-corrected chi connectivity index (χ0v) is 9.70. The third-order valence-electron chi connectivity index (χ3n) is 2.98. The monoisotopic (exact) mass is 215 g/mol. The second-order valence-corrected chi connectivity index (χ2v) is 4.26. The Labute approximate surface area is 96.0 Å². The summed E-state index contributed by atoms with van der Waals surface area (Å²) in [5.74, 6) is 0. The van der Waals surface area contributed by atoms with E-state index < -0.39 is 6.10 Å². The lowest BCUT2D eigenvalue weighted by atomic mass is 10.0. The summed E-state index contributed by atoms with van der Waals surface area (Å²) in [6.07, 6.45) is 2.04. The summed E-state index contributed by atoms with van der Waals surface area (Å²) in [5.41, 5.74) is 4.61. The van der Waals surface area contributed by atoms with E-state index >= 15 is 0 Å². The first-order valence-corrected chi connectivity index (χ1v) is 5.54. The summed E-state index contributed by atoms with van der Waals surface area (Å²) < 4.78 is 0. The molecule has 0 bridgehead atoms. The van der Waals surface area contributed by atoms with Crippen LogP contribution in [0.3, 0.4) is 0 Å². The van der Waals surface area contributed by atoms with E-state index in [2.05, 4.69) is 37.0 Å². The number of aromatic nitrogens is 1. The maximum absolute atomic E-state index is 9.99. The fourth-order valence-corrected chi connectivity index (χ4v) is 1.82. The van der Waals surface area contributed by atoms with Gasteiger partial charge in [0.25, 0.3) is 0 Å². The van der Waals surface area contributed by atoms with Crippen molar-refractivity contribution in [2.24, 2.45) is 0 Å². The van der Waals surface area contributed by atoms with E-state index in [4.69, 9.17) is 0 Å². The van der Waals surface area contributed by atoms with Crippen LogP contribution in [0.25, 0.3) is 0 Å². The highest BCUT2D eigenvalue weighted by Crippen LogP contribution is 2.18. The lowest BCUT2D eigenvalue weighted by Crippen LogP contribution is -2.02. The second kappa shape index (κ2) is 4.54. The molecule has 0 amide bonds. The van der Waals surface area contributed by atoms with Crippen molar-refractivity contribution in [3.05, 3.63) is 58.9 Å². The molecule has 1 unspecified atom stereocenters. The minimum Gasteiger partial charge on any atom is -0.387 e. The Balaban J connectivity index is 2.12. The number of nitrogens with one attached hydrogen (secondary N) is 1. The molecule has 2 N–H and O–H groups in total. The number of aryl methyl sites for hydroxylation is 2. The zero-order chi connectivity index (χ0) is 11.5. The summed E-state index contributed by atoms with van der Waals surface area (Å²) in [4.78, 5) is 3.03. The molecule has 1 aromatic heterocycles. The molecule has 16 heavy (non-hydrogen) atoms. The van der Waals surface area contributed by atoms with Crippen LogP contribution in [-0.4, -0.2) is 10.1 Å². The Morgan fingerprint density at radius 2 is 2.00 bits per heavy atom. The van der Waals surface area contributed by atoms with Gasteiger partial charge in [-0.15, -0.1) is 0 Å². The number of aromatic amines is 1. The van der Waals surface area contributed by atoms with Gasteiger partial charge in [0.15, 0.2) is 0 Å². The highest BCUT2D eigenvalue weighted by Gasteiger charge is 2.09. The van der Waals surface area contributed by atoms with E-state index in [1.807, 2.05) is 18.3 Å². The van der Waals surface area contributed by atoms with Crippen molar-refractivity contribution in [1.29, 1.82) is 0 Å². The van der Waals surface area contributed by atoms with Crippen LogP contribution >= 0.6 is 0 Å². The van der Waals surface area contributed by atoms with Crippen LogP contribution in [-0.2, 0) is 6.42 Å². The molecule has 0 aliphatic carbocycles. The molecule has 2 aromatic rings. The van der Waals surface area contributed by atoms with E-state index in [-0.39, 0.29) is 0 Å². The van der Waals surface area contributed by atoms with Crippen molar-refractivity contribution in [3.8, 4) is 0 Å². The Hall–Kier alpha value is -1.54. The molecule has 0 aliphatic rings. The van der Waals surface area contributed by atoms with E-state index in [1.54, 1.807) is 0 Å².